The van der Waals surface area contributed by atoms with E-state index in [1.807, 2.05) is 0 Å². The molecule has 0 saturated carbocycles. The Bertz CT molecular complexity index is 1100. The van der Waals surface area contributed by atoms with Gasteiger partial charge in [0.15, 0.2) is 6.04 Å². The number of carbonyl (C=O) groups is 1. The molecule has 0 spiro atoms. The molecule has 4 rings (SSSR count). The van der Waals surface area contributed by atoms with Crippen LogP contribution in [0.2, 0.25) is 0 Å². The summed E-state index contributed by atoms with van der Waals surface area (Å²) in [5.74, 6) is 0. The number of aromatic amines is 1. The predicted molar refractivity (Wildman–Crippen MR) is 103 cm³/mol. The number of anilines is 1. The van der Waals surface area contributed by atoms with Gasteiger partial charge in [0.2, 0.25) is 0 Å². The average molecular weight is 441 g/mol. The second-order valence-corrected chi connectivity index (χ2v) is 7.31. The van der Waals surface area contributed by atoms with Crippen molar-refractivity contribution in [3.8, 4) is 0 Å². The average Bonchev–Trinajstić information content (AvgIpc) is 2.91. The molecule has 0 saturated heterocycles. The number of carbonyl (C=O) groups excluding carboxylic acids is 1. The Labute approximate surface area is 172 Å². The number of alkyl halides is 6. The molecule has 3 aromatic rings. The molecule has 0 bridgehead atoms. The molecule has 1 aliphatic rings. The van der Waals surface area contributed by atoms with Crippen molar-refractivity contribution in [2.24, 2.45) is 0 Å². The third-order valence-corrected chi connectivity index (χ3v) is 5.29. The maximum absolute atomic E-state index is 14.1. The van der Waals surface area contributed by atoms with E-state index in [4.69, 9.17) is 0 Å². The fraction of sp³-hybridized carbons (Fsp3) is 0.286. The predicted octanol–water partition coefficient (Wildman–Crippen LogP) is 6.27. The number of aromatic nitrogens is 1. The first-order chi connectivity index (χ1) is 14.6. The summed E-state index contributed by atoms with van der Waals surface area (Å²) >= 11 is 0. The largest absolute Gasteiger partial charge is 0.416 e. The minimum absolute atomic E-state index is 0.0277. The third kappa shape index (κ3) is 4.06. The Morgan fingerprint density at radius 2 is 1.68 bits per heavy atom. The molecule has 1 unspecified atom stereocenters. The highest BCUT2D eigenvalue weighted by atomic mass is 19.4. The highest BCUT2D eigenvalue weighted by Crippen LogP contribution is 2.43. The van der Waals surface area contributed by atoms with Crippen LogP contribution in [0.1, 0.15) is 29.3 Å². The van der Waals surface area contributed by atoms with Crippen LogP contribution in [-0.4, -0.2) is 28.6 Å². The molecule has 31 heavy (non-hydrogen) atoms. The van der Waals surface area contributed by atoms with E-state index in [2.05, 4.69) is 10.3 Å². The van der Waals surface area contributed by atoms with Crippen LogP contribution in [-0.2, 0) is 12.6 Å². The van der Waals surface area contributed by atoms with Crippen molar-refractivity contribution < 1.29 is 31.1 Å². The molecule has 1 aromatic heterocycles. The molecule has 2 heterocycles. The molecule has 2 N–H and O–H groups in total. The minimum atomic E-state index is -4.75. The number of fused-ring (bicyclic) bond motifs is 3. The second-order valence-electron chi connectivity index (χ2n) is 7.31. The number of hydrogen-bond acceptors (Lipinski definition) is 1. The number of H-pyrrole nitrogens is 1. The van der Waals surface area contributed by atoms with Gasteiger partial charge in [-0.2, -0.15) is 26.3 Å². The summed E-state index contributed by atoms with van der Waals surface area (Å²) in [5.41, 5.74) is 0.0273. The van der Waals surface area contributed by atoms with Crippen LogP contribution in [0.4, 0.5) is 36.8 Å². The number of benzene rings is 2. The van der Waals surface area contributed by atoms with Gasteiger partial charge in [0.1, 0.15) is 0 Å². The van der Waals surface area contributed by atoms with Crippen LogP contribution in [0.15, 0.2) is 48.5 Å². The third-order valence-electron chi connectivity index (χ3n) is 5.29. The van der Waals surface area contributed by atoms with Crippen LogP contribution < -0.4 is 5.32 Å². The number of rotatable bonds is 1. The fourth-order valence-corrected chi connectivity index (χ4v) is 3.93. The van der Waals surface area contributed by atoms with Crippen molar-refractivity contribution in [2.75, 3.05) is 11.9 Å². The van der Waals surface area contributed by atoms with Gasteiger partial charge in [0.05, 0.1) is 11.3 Å². The van der Waals surface area contributed by atoms with E-state index in [-0.39, 0.29) is 17.9 Å². The summed E-state index contributed by atoms with van der Waals surface area (Å²) in [6.45, 7) is -0.159. The number of para-hydroxylation sites is 1. The Morgan fingerprint density at radius 1 is 1.00 bits per heavy atom. The minimum Gasteiger partial charge on any atom is -0.356 e. The monoisotopic (exact) mass is 441 g/mol. The van der Waals surface area contributed by atoms with Gasteiger partial charge < -0.3 is 15.2 Å². The summed E-state index contributed by atoms with van der Waals surface area (Å²) in [4.78, 5) is 16.3. The van der Waals surface area contributed by atoms with Gasteiger partial charge >= 0.3 is 18.4 Å². The lowest BCUT2D eigenvalue weighted by molar-refractivity contribution is -0.178. The van der Waals surface area contributed by atoms with Gasteiger partial charge in [-0.15, -0.1) is 0 Å². The Morgan fingerprint density at radius 3 is 2.32 bits per heavy atom. The van der Waals surface area contributed by atoms with Crippen LogP contribution in [0.3, 0.4) is 0 Å². The van der Waals surface area contributed by atoms with Crippen molar-refractivity contribution in [3.05, 3.63) is 65.4 Å². The van der Waals surface area contributed by atoms with E-state index >= 15 is 0 Å². The number of nitrogens with one attached hydrogen (secondary N) is 2. The summed E-state index contributed by atoms with van der Waals surface area (Å²) in [6, 6.07) is 7.14. The molecule has 0 radical (unpaired) electrons. The standard InChI is InChI=1S/C21H17F6N3O/c22-20(23,24)12-7-9-13(10-8-12)28-19(31)30-11-3-5-15-14-4-1-2-6-16(14)29-17(15)18(30)21(25,26)27/h1-2,4,6-10,18,29H,3,5,11H2,(H,28,31). The van der Waals surface area contributed by atoms with Crippen LogP contribution >= 0.6 is 0 Å². The van der Waals surface area contributed by atoms with Crippen molar-refractivity contribution in [3.63, 3.8) is 0 Å². The Kier molecular flexibility index (Phi) is 5.10. The number of halogens is 6. The Hall–Kier alpha value is -3.17. The molecule has 1 aliphatic heterocycles. The molecular weight excluding hydrogens is 424 g/mol. The molecule has 1 atom stereocenters. The first kappa shape index (κ1) is 21.1. The van der Waals surface area contributed by atoms with E-state index in [1.165, 1.54) is 0 Å². The first-order valence-electron chi connectivity index (χ1n) is 9.47. The highest BCUT2D eigenvalue weighted by Gasteiger charge is 2.49. The van der Waals surface area contributed by atoms with Crippen molar-refractivity contribution in [1.29, 1.82) is 0 Å². The van der Waals surface area contributed by atoms with Gasteiger partial charge in [-0.1, -0.05) is 18.2 Å². The van der Waals surface area contributed by atoms with Gasteiger partial charge in [-0.3, -0.25) is 0 Å². The maximum atomic E-state index is 14.1. The Balaban J connectivity index is 1.67. The second kappa shape index (κ2) is 7.51. The molecule has 2 aromatic carbocycles. The highest BCUT2D eigenvalue weighted by molar-refractivity contribution is 5.90. The van der Waals surface area contributed by atoms with Crippen molar-refractivity contribution >= 4 is 22.6 Å². The van der Waals surface area contributed by atoms with Crippen molar-refractivity contribution in [2.45, 2.75) is 31.2 Å². The zero-order chi connectivity index (χ0) is 22.4. The zero-order valence-electron chi connectivity index (χ0n) is 15.9. The molecule has 4 nitrogen and oxygen atoms in total. The number of urea groups is 1. The van der Waals surface area contributed by atoms with E-state index in [0.29, 0.717) is 34.2 Å². The number of amides is 2. The normalized spacial score (nSPS) is 17.4. The SMILES string of the molecule is O=C(Nc1ccc(C(F)(F)F)cc1)N1CCCc2c([nH]c3ccccc23)C1C(F)(F)F. The maximum Gasteiger partial charge on any atom is 0.416 e. The van der Waals surface area contributed by atoms with E-state index in [1.54, 1.807) is 24.3 Å². The lowest BCUT2D eigenvalue weighted by Gasteiger charge is -2.31. The summed E-state index contributed by atoms with van der Waals surface area (Å²) in [6.07, 6.45) is -8.64. The van der Waals surface area contributed by atoms with Crippen molar-refractivity contribution in [1.82, 2.24) is 9.88 Å². The number of aryl methyl sites for hydroxylation is 1. The summed E-state index contributed by atoms with van der Waals surface area (Å²) < 4.78 is 80.4. The topological polar surface area (TPSA) is 48.1 Å². The van der Waals surface area contributed by atoms with Crippen LogP contribution in [0.5, 0.6) is 0 Å². The van der Waals surface area contributed by atoms with Gasteiger partial charge in [-0.25, -0.2) is 4.79 Å². The van der Waals surface area contributed by atoms with E-state index in [9.17, 15) is 31.1 Å². The van der Waals surface area contributed by atoms with Gasteiger partial charge in [-0.05, 0) is 48.7 Å². The molecule has 164 valence electrons. The molecule has 10 heteroatoms. The quantitative estimate of drug-likeness (QED) is 0.430. The van der Waals surface area contributed by atoms with E-state index < -0.39 is 30.0 Å². The summed E-state index contributed by atoms with van der Waals surface area (Å²) in [5, 5.41) is 2.97. The lowest BCUT2D eigenvalue weighted by Crippen LogP contribution is -2.44. The smallest absolute Gasteiger partial charge is 0.356 e. The number of hydrogen-bond donors (Lipinski definition) is 2. The first-order valence-corrected chi connectivity index (χ1v) is 9.47. The van der Waals surface area contributed by atoms with E-state index in [0.717, 1.165) is 24.3 Å². The molecule has 0 fully saturated rings. The van der Waals surface area contributed by atoms with Gasteiger partial charge in [0, 0.05) is 23.1 Å². The molecule has 0 aliphatic carbocycles. The molecular formula is C21H17F6N3O. The lowest BCUT2D eigenvalue weighted by atomic mass is 10.0. The number of nitrogens with zero attached hydrogens (tertiary/aromatic N) is 1. The zero-order valence-corrected chi connectivity index (χ0v) is 15.9. The van der Waals surface area contributed by atoms with Crippen LogP contribution in [0.25, 0.3) is 10.9 Å². The van der Waals surface area contributed by atoms with Crippen LogP contribution in [0, 0.1) is 0 Å². The van der Waals surface area contributed by atoms with Gasteiger partial charge in [0.25, 0.3) is 0 Å². The fourth-order valence-electron chi connectivity index (χ4n) is 3.93. The molecule has 2 amide bonds. The summed E-state index contributed by atoms with van der Waals surface area (Å²) in [7, 11) is 0.